The monoisotopic (exact) mass is 506 g/mol. The SMILES string of the molecule is Cc1cc(C(C)(C)C)c2oc(-c3ccc(-c4ccc(-n5c6ccccc6c6ccccc65)cc4)cc3)nc2c1. The van der Waals surface area contributed by atoms with E-state index in [1.165, 1.54) is 38.5 Å². The van der Waals surface area contributed by atoms with Crippen LogP contribution in [0.2, 0.25) is 0 Å². The smallest absolute Gasteiger partial charge is 0.227 e. The van der Waals surface area contributed by atoms with Gasteiger partial charge in [0.25, 0.3) is 0 Å². The van der Waals surface area contributed by atoms with Gasteiger partial charge in [-0.2, -0.15) is 0 Å². The molecule has 0 aliphatic rings. The Morgan fingerprint density at radius 1 is 0.641 bits per heavy atom. The third-order valence-corrected chi connectivity index (χ3v) is 7.61. The zero-order valence-electron chi connectivity index (χ0n) is 22.7. The van der Waals surface area contributed by atoms with Crippen LogP contribution in [-0.4, -0.2) is 9.55 Å². The number of aryl methyl sites for hydroxylation is 1. The predicted molar refractivity (Wildman–Crippen MR) is 163 cm³/mol. The third kappa shape index (κ3) is 3.93. The fourth-order valence-electron chi connectivity index (χ4n) is 5.66. The molecule has 0 radical (unpaired) electrons. The summed E-state index contributed by atoms with van der Waals surface area (Å²) in [5.41, 5.74) is 11.1. The van der Waals surface area contributed by atoms with Gasteiger partial charge in [-0.1, -0.05) is 87.5 Å². The molecule has 0 unspecified atom stereocenters. The van der Waals surface area contributed by atoms with Gasteiger partial charge in [-0.15, -0.1) is 0 Å². The van der Waals surface area contributed by atoms with Crippen LogP contribution in [0.4, 0.5) is 0 Å². The van der Waals surface area contributed by atoms with Gasteiger partial charge in [0.05, 0.1) is 11.0 Å². The Morgan fingerprint density at radius 2 is 1.18 bits per heavy atom. The van der Waals surface area contributed by atoms with Crippen molar-refractivity contribution in [1.82, 2.24) is 9.55 Å². The molecule has 7 aromatic rings. The van der Waals surface area contributed by atoms with Gasteiger partial charge >= 0.3 is 0 Å². The normalized spacial score (nSPS) is 12.1. The maximum absolute atomic E-state index is 6.33. The molecule has 0 aliphatic heterocycles. The molecule has 2 heterocycles. The molecule has 5 aromatic carbocycles. The minimum absolute atomic E-state index is 0.0175. The number of benzene rings is 5. The Balaban J connectivity index is 1.23. The molecule has 0 N–H and O–H groups in total. The van der Waals surface area contributed by atoms with E-state index in [0.29, 0.717) is 5.89 Å². The first kappa shape index (κ1) is 23.5. The lowest BCUT2D eigenvalue weighted by Gasteiger charge is -2.19. The molecule has 0 fully saturated rings. The number of aromatic nitrogens is 2. The van der Waals surface area contributed by atoms with E-state index in [2.05, 4.69) is 141 Å². The molecule has 0 atom stereocenters. The average Bonchev–Trinajstić information content (AvgIpc) is 3.52. The van der Waals surface area contributed by atoms with E-state index >= 15 is 0 Å². The molecule has 2 aromatic heterocycles. The van der Waals surface area contributed by atoms with Gasteiger partial charge in [-0.25, -0.2) is 4.98 Å². The van der Waals surface area contributed by atoms with Crippen molar-refractivity contribution in [1.29, 1.82) is 0 Å². The summed E-state index contributed by atoms with van der Waals surface area (Å²) in [6.07, 6.45) is 0. The van der Waals surface area contributed by atoms with E-state index in [-0.39, 0.29) is 5.41 Å². The number of para-hydroxylation sites is 2. The summed E-state index contributed by atoms with van der Waals surface area (Å²) in [5, 5.41) is 2.55. The number of hydrogen-bond donors (Lipinski definition) is 0. The first-order chi connectivity index (χ1) is 18.9. The van der Waals surface area contributed by atoms with Gasteiger partial charge in [0.15, 0.2) is 5.58 Å². The highest BCUT2D eigenvalue weighted by molar-refractivity contribution is 6.09. The van der Waals surface area contributed by atoms with Crippen LogP contribution in [0.3, 0.4) is 0 Å². The maximum Gasteiger partial charge on any atom is 0.227 e. The van der Waals surface area contributed by atoms with E-state index in [0.717, 1.165) is 27.9 Å². The van der Waals surface area contributed by atoms with Crippen LogP contribution in [0, 0.1) is 6.92 Å². The molecule has 190 valence electrons. The molecule has 0 bridgehead atoms. The summed E-state index contributed by atoms with van der Waals surface area (Å²) in [6.45, 7) is 8.75. The van der Waals surface area contributed by atoms with Crippen molar-refractivity contribution in [3.8, 4) is 28.3 Å². The van der Waals surface area contributed by atoms with Gasteiger partial charge < -0.3 is 8.98 Å². The standard InChI is InChI=1S/C36H30N2O/c1-23-21-30(36(2,3)4)34-31(22-23)37-35(39-34)26-15-13-24(14-16-26)25-17-19-27(20-18-25)38-32-11-7-5-9-28(32)29-10-6-8-12-33(29)38/h5-22H,1-4H3. The number of nitrogens with zero attached hydrogens (tertiary/aromatic N) is 2. The van der Waals surface area contributed by atoms with Gasteiger partial charge in [0.1, 0.15) is 5.52 Å². The van der Waals surface area contributed by atoms with Crippen LogP contribution in [0.1, 0.15) is 31.9 Å². The highest BCUT2D eigenvalue weighted by Crippen LogP contribution is 2.35. The Kier molecular flexibility index (Phi) is 5.24. The first-order valence-electron chi connectivity index (χ1n) is 13.5. The summed E-state index contributed by atoms with van der Waals surface area (Å²) in [4.78, 5) is 4.84. The van der Waals surface area contributed by atoms with Crippen LogP contribution in [0.15, 0.2) is 114 Å². The lowest BCUT2D eigenvalue weighted by atomic mass is 9.85. The van der Waals surface area contributed by atoms with Crippen LogP contribution in [-0.2, 0) is 5.41 Å². The fraction of sp³-hybridized carbons (Fsp3) is 0.139. The fourth-order valence-corrected chi connectivity index (χ4v) is 5.66. The minimum atomic E-state index is -0.0175. The van der Waals surface area contributed by atoms with Crippen LogP contribution < -0.4 is 0 Å². The molecule has 0 saturated carbocycles. The first-order valence-corrected chi connectivity index (χ1v) is 13.5. The summed E-state index contributed by atoms with van der Waals surface area (Å²) in [5.74, 6) is 0.661. The van der Waals surface area contributed by atoms with Crippen molar-refractivity contribution in [3.63, 3.8) is 0 Å². The van der Waals surface area contributed by atoms with Gasteiger partial charge in [-0.3, -0.25) is 0 Å². The summed E-state index contributed by atoms with van der Waals surface area (Å²) >= 11 is 0. The highest BCUT2D eigenvalue weighted by atomic mass is 16.3. The zero-order chi connectivity index (χ0) is 26.7. The lowest BCUT2D eigenvalue weighted by molar-refractivity contribution is 0.561. The molecule has 7 rings (SSSR count). The van der Waals surface area contributed by atoms with Gasteiger partial charge in [0, 0.05) is 27.6 Å². The molecule has 0 amide bonds. The third-order valence-electron chi connectivity index (χ3n) is 7.61. The number of oxazole rings is 1. The van der Waals surface area contributed by atoms with Crippen LogP contribution in [0.5, 0.6) is 0 Å². The summed E-state index contributed by atoms with van der Waals surface area (Å²) < 4.78 is 8.67. The van der Waals surface area contributed by atoms with E-state index < -0.39 is 0 Å². The Morgan fingerprint density at radius 3 is 1.77 bits per heavy atom. The van der Waals surface area contributed by atoms with Gasteiger partial charge in [0.2, 0.25) is 5.89 Å². The zero-order valence-corrected chi connectivity index (χ0v) is 22.7. The quantitative estimate of drug-likeness (QED) is 0.239. The number of rotatable bonds is 3. The molecule has 0 spiro atoms. The second-order valence-electron chi connectivity index (χ2n) is 11.4. The van der Waals surface area contributed by atoms with Crippen molar-refractivity contribution < 1.29 is 4.42 Å². The molecular weight excluding hydrogens is 476 g/mol. The van der Waals surface area contributed by atoms with E-state index in [4.69, 9.17) is 9.40 Å². The van der Waals surface area contributed by atoms with Gasteiger partial charge in [-0.05, 0) is 71.5 Å². The second-order valence-corrected chi connectivity index (χ2v) is 11.4. The van der Waals surface area contributed by atoms with E-state index in [1.807, 2.05) is 0 Å². The Bertz CT molecular complexity index is 1930. The number of hydrogen-bond acceptors (Lipinski definition) is 2. The molecule has 39 heavy (non-hydrogen) atoms. The summed E-state index contributed by atoms with van der Waals surface area (Å²) in [7, 11) is 0. The Labute approximate surface area is 228 Å². The Hall–Kier alpha value is -4.63. The largest absolute Gasteiger partial charge is 0.436 e. The van der Waals surface area contributed by atoms with Crippen molar-refractivity contribution in [2.24, 2.45) is 0 Å². The van der Waals surface area contributed by atoms with Crippen LogP contribution >= 0.6 is 0 Å². The number of fused-ring (bicyclic) bond motifs is 4. The topological polar surface area (TPSA) is 31.0 Å². The van der Waals surface area contributed by atoms with Crippen molar-refractivity contribution in [2.45, 2.75) is 33.1 Å². The molecule has 0 saturated heterocycles. The van der Waals surface area contributed by atoms with Crippen molar-refractivity contribution >= 4 is 32.9 Å². The molecule has 3 heteroatoms. The minimum Gasteiger partial charge on any atom is -0.436 e. The van der Waals surface area contributed by atoms with Crippen molar-refractivity contribution in [3.05, 3.63) is 120 Å². The average molecular weight is 507 g/mol. The molecule has 0 aliphatic carbocycles. The summed E-state index contributed by atoms with van der Waals surface area (Å²) in [6, 6.07) is 38.8. The molecule has 3 nitrogen and oxygen atoms in total. The van der Waals surface area contributed by atoms with Crippen molar-refractivity contribution in [2.75, 3.05) is 0 Å². The highest BCUT2D eigenvalue weighted by Gasteiger charge is 2.22. The predicted octanol–water partition coefficient (Wildman–Crippen LogP) is 9.86. The molecular formula is C36H30N2O. The van der Waals surface area contributed by atoms with E-state index in [1.54, 1.807) is 0 Å². The van der Waals surface area contributed by atoms with Crippen LogP contribution in [0.25, 0.3) is 61.2 Å². The van der Waals surface area contributed by atoms with E-state index in [9.17, 15) is 0 Å². The maximum atomic E-state index is 6.33. The lowest BCUT2D eigenvalue weighted by Crippen LogP contribution is -2.11. The second kappa shape index (κ2) is 8.71.